The van der Waals surface area contributed by atoms with Crippen LogP contribution in [0.5, 0.6) is 0 Å². The zero-order valence-corrected chi connectivity index (χ0v) is 13.8. The Kier molecular flexibility index (Phi) is 7.78. The fourth-order valence-electron chi connectivity index (χ4n) is 1.53. The Morgan fingerprint density at radius 3 is 2.68 bits per heavy atom. The zero-order chi connectivity index (χ0) is 16.4. The number of carbonyl (C=O) groups is 1. The molecule has 2 heterocycles. The van der Waals surface area contributed by atoms with Crippen molar-refractivity contribution in [3.63, 3.8) is 0 Å². The Labute approximate surface area is 134 Å². The first-order chi connectivity index (χ1) is 10.8. The number of hydrogen-bond donors (Lipinski definition) is 1. The standard InChI is InChI=1S/C15H14N2O2S.C2H6/c1-3-5-7-13-12(6-4-2)16-15(17-13)20-14-9-8-11(10-18)19-14;1-2/h3-10H,2H2,1H3,(H,16,17);1-2H3/b5-3-,12-6+,13-7+;. The number of carbonyl (C=O) groups excluding carboxylic acids is 1. The van der Waals surface area contributed by atoms with Gasteiger partial charge in [-0.3, -0.25) is 4.79 Å². The molecule has 2 aromatic heterocycles. The first kappa shape index (κ1) is 17.8. The molecule has 2 rings (SSSR count). The predicted molar refractivity (Wildman–Crippen MR) is 91.3 cm³/mol. The number of rotatable bonds is 5. The van der Waals surface area contributed by atoms with Crippen LogP contribution in [-0.2, 0) is 0 Å². The summed E-state index contributed by atoms with van der Waals surface area (Å²) in [6.45, 7) is 9.63. The molecule has 0 atom stereocenters. The van der Waals surface area contributed by atoms with Crippen molar-refractivity contribution in [3.05, 3.63) is 53.4 Å². The second kappa shape index (κ2) is 9.63. The smallest absolute Gasteiger partial charge is 0.185 e. The Balaban J connectivity index is 0.00000116. The lowest BCUT2D eigenvalue weighted by atomic mass is 10.4. The third kappa shape index (κ3) is 4.93. The van der Waals surface area contributed by atoms with Crippen LogP contribution in [0.15, 0.2) is 51.6 Å². The van der Waals surface area contributed by atoms with Crippen molar-refractivity contribution in [2.45, 2.75) is 31.0 Å². The highest BCUT2D eigenvalue weighted by molar-refractivity contribution is 7.99. The summed E-state index contributed by atoms with van der Waals surface area (Å²) in [6, 6.07) is 3.37. The largest absolute Gasteiger partial charge is 0.447 e. The number of aromatic amines is 1. The van der Waals surface area contributed by atoms with Gasteiger partial charge in [0.2, 0.25) is 0 Å². The fraction of sp³-hybridized carbons (Fsp3) is 0.176. The molecule has 0 aromatic carbocycles. The zero-order valence-electron chi connectivity index (χ0n) is 13.0. The maximum absolute atomic E-state index is 10.6. The van der Waals surface area contributed by atoms with Gasteiger partial charge in [-0.15, -0.1) is 0 Å². The molecule has 0 radical (unpaired) electrons. The molecule has 0 bridgehead atoms. The molecule has 0 spiro atoms. The number of aldehydes is 1. The molecular formula is C17H20N2O2S. The minimum Gasteiger partial charge on any atom is -0.447 e. The molecule has 0 aliphatic rings. The average molecular weight is 316 g/mol. The summed E-state index contributed by atoms with van der Waals surface area (Å²) < 4.78 is 5.31. The average Bonchev–Trinajstić information content (AvgIpc) is 3.15. The van der Waals surface area contributed by atoms with Gasteiger partial charge >= 0.3 is 0 Å². The summed E-state index contributed by atoms with van der Waals surface area (Å²) in [6.07, 6.45) is 9.99. The third-order valence-electron chi connectivity index (χ3n) is 2.39. The molecule has 0 fully saturated rings. The predicted octanol–water partition coefficient (Wildman–Crippen LogP) is 3.32. The molecule has 0 saturated heterocycles. The summed E-state index contributed by atoms with van der Waals surface area (Å²) in [7, 11) is 0. The van der Waals surface area contributed by atoms with Gasteiger partial charge in [0.1, 0.15) is 0 Å². The van der Waals surface area contributed by atoms with Crippen LogP contribution >= 0.6 is 11.8 Å². The van der Waals surface area contributed by atoms with Crippen molar-refractivity contribution < 1.29 is 9.21 Å². The summed E-state index contributed by atoms with van der Waals surface area (Å²) >= 11 is 1.33. The topological polar surface area (TPSA) is 58.9 Å². The molecular weight excluding hydrogens is 296 g/mol. The lowest BCUT2D eigenvalue weighted by Gasteiger charge is -1.90. The van der Waals surface area contributed by atoms with Crippen LogP contribution in [0, 0.1) is 0 Å². The van der Waals surface area contributed by atoms with E-state index in [1.807, 2.05) is 45.1 Å². The SMILES string of the molecule is C=C/C=c1/[nH]c(Sc2ccc(C=O)o2)n/c1=C/C=C\C.CC. The molecule has 0 aliphatic carbocycles. The number of furan rings is 1. The third-order valence-corrected chi connectivity index (χ3v) is 3.19. The summed E-state index contributed by atoms with van der Waals surface area (Å²) in [5.41, 5.74) is 0. The van der Waals surface area contributed by atoms with Crippen molar-refractivity contribution in [2.75, 3.05) is 0 Å². The first-order valence-corrected chi connectivity index (χ1v) is 7.83. The molecule has 4 nitrogen and oxygen atoms in total. The highest BCUT2D eigenvalue weighted by Gasteiger charge is 2.06. The molecule has 5 heteroatoms. The maximum atomic E-state index is 10.6. The van der Waals surface area contributed by atoms with Gasteiger partial charge in [-0.25, -0.2) is 4.98 Å². The summed E-state index contributed by atoms with van der Waals surface area (Å²) in [4.78, 5) is 18.2. The molecule has 0 aliphatic heterocycles. The minimum atomic E-state index is 0.303. The number of aromatic nitrogens is 2. The highest BCUT2D eigenvalue weighted by Crippen LogP contribution is 2.24. The van der Waals surface area contributed by atoms with Gasteiger partial charge < -0.3 is 9.40 Å². The lowest BCUT2D eigenvalue weighted by molar-refractivity contribution is 0.109. The van der Waals surface area contributed by atoms with Crippen LogP contribution in [0.1, 0.15) is 31.3 Å². The number of nitrogens with one attached hydrogen (secondary N) is 1. The van der Waals surface area contributed by atoms with E-state index in [2.05, 4.69) is 16.5 Å². The maximum Gasteiger partial charge on any atom is 0.185 e. The van der Waals surface area contributed by atoms with E-state index >= 15 is 0 Å². The van der Waals surface area contributed by atoms with E-state index < -0.39 is 0 Å². The van der Waals surface area contributed by atoms with Gasteiger partial charge in [0, 0.05) is 0 Å². The van der Waals surface area contributed by atoms with Gasteiger partial charge in [-0.05, 0) is 43.0 Å². The monoisotopic (exact) mass is 316 g/mol. The highest BCUT2D eigenvalue weighted by atomic mass is 32.2. The second-order valence-electron chi connectivity index (χ2n) is 3.81. The number of nitrogens with zero attached hydrogens (tertiary/aromatic N) is 1. The summed E-state index contributed by atoms with van der Waals surface area (Å²) in [5, 5.41) is 3.01. The molecule has 22 heavy (non-hydrogen) atoms. The molecule has 1 N–H and O–H groups in total. The molecule has 0 unspecified atom stereocenters. The van der Waals surface area contributed by atoms with Gasteiger partial charge in [0.25, 0.3) is 0 Å². The summed E-state index contributed by atoms with van der Waals surface area (Å²) in [5.74, 6) is 0.303. The van der Waals surface area contributed by atoms with E-state index in [0.29, 0.717) is 22.3 Å². The van der Waals surface area contributed by atoms with Gasteiger partial charge in [-0.1, -0.05) is 38.7 Å². The normalized spacial score (nSPS) is 12.3. The van der Waals surface area contributed by atoms with E-state index in [0.717, 1.165) is 10.7 Å². The van der Waals surface area contributed by atoms with Crippen LogP contribution < -0.4 is 10.7 Å². The van der Waals surface area contributed by atoms with Gasteiger partial charge in [0.05, 0.1) is 10.7 Å². The number of imidazole rings is 1. The van der Waals surface area contributed by atoms with Crippen LogP contribution in [0.2, 0.25) is 0 Å². The van der Waals surface area contributed by atoms with Crippen molar-refractivity contribution in [2.24, 2.45) is 0 Å². The van der Waals surface area contributed by atoms with Gasteiger partial charge in [0.15, 0.2) is 22.3 Å². The van der Waals surface area contributed by atoms with E-state index in [1.54, 1.807) is 18.2 Å². The van der Waals surface area contributed by atoms with Crippen LogP contribution in [-0.4, -0.2) is 16.3 Å². The fourth-order valence-corrected chi connectivity index (χ4v) is 2.30. The Hall–Kier alpha value is -2.27. The van der Waals surface area contributed by atoms with E-state index in [-0.39, 0.29) is 0 Å². The van der Waals surface area contributed by atoms with Crippen LogP contribution in [0.3, 0.4) is 0 Å². The lowest BCUT2D eigenvalue weighted by Crippen LogP contribution is -2.23. The van der Waals surface area contributed by atoms with Crippen molar-refractivity contribution in [3.8, 4) is 0 Å². The number of hydrogen-bond acceptors (Lipinski definition) is 4. The molecule has 0 amide bonds. The molecule has 116 valence electrons. The van der Waals surface area contributed by atoms with Gasteiger partial charge in [-0.2, -0.15) is 0 Å². The number of H-pyrrole nitrogens is 1. The van der Waals surface area contributed by atoms with E-state index in [4.69, 9.17) is 4.42 Å². The van der Waals surface area contributed by atoms with Crippen molar-refractivity contribution >= 4 is 30.2 Å². The molecule has 2 aromatic rings. The Morgan fingerprint density at radius 2 is 2.09 bits per heavy atom. The minimum absolute atomic E-state index is 0.303. The second-order valence-corrected chi connectivity index (χ2v) is 4.81. The van der Waals surface area contributed by atoms with Crippen molar-refractivity contribution in [1.29, 1.82) is 0 Å². The Morgan fingerprint density at radius 1 is 1.32 bits per heavy atom. The van der Waals surface area contributed by atoms with Crippen LogP contribution in [0.4, 0.5) is 0 Å². The quantitative estimate of drug-likeness (QED) is 0.860. The molecule has 0 saturated carbocycles. The van der Waals surface area contributed by atoms with E-state index in [1.165, 1.54) is 11.8 Å². The Bertz CT molecular complexity index is 754. The van der Waals surface area contributed by atoms with Crippen LogP contribution in [0.25, 0.3) is 12.2 Å². The van der Waals surface area contributed by atoms with Crippen molar-refractivity contribution in [1.82, 2.24) is 9.97 Å². The first-order valence-electron chi connectivity index (χ1n) is 7.01. The van der Waals surface area contributed by atoms with E-state index in [9.17, 15) is 4.79 Å². The number of allylic oxidation sites excluding steroid dienone is 3.